The van der Waals surface area contributed by atoms with Gasteiger partial charge >= 0.3 is 0 Å². The standard InChI is InChI=1S/C24H16Cl2N4O2S/c25-17-11-10-16(20(26)12-17)14-33-24-28-27-22(32-24)21-18-8-4-5-9-19(18)23(31)30(29-21)13-15-6-2-1-3-7-15/h1-12H,13-14H2. The van der Waals surface area contributed by atoms with E-state index in [1.165, 1.54) is 16.4 Å². The summed E-state index contributed by atoms with van der Waals surface area (Å²) in [6.45, 7) is 0.336. The van der Waals surface area contributed by atoms with Crippen molar-refractivity contribution in [3.63, 3.8) is 0 Å². The second-order valence-corrected chi connectivity index (χ2v) is 9.01. The summed E-state index contributed by atoms with van der Waals surface area (Å²) < 4.78 is 7.33. The van der Waals surface area contributed by atoms with Crippen LogP contribution in [-0.2, 0) is 12.3 Å². The quantitative estimate of drug-likeness (QED) is 0.265. The van der Waals surface area contributed by atoms with Gasteiger partial charge in [0.25, 0.3) is 16.7 Å². The summed E-state index contributed by atoms with van der Waals surface area (Å²) in [5.74, 6) is 0.789. The minimum absolute atomic E-state index is 0.176. The fraction of sp³-hybridized carbons (Fsp3) is 0.0833. The average Bonchev–Trinajstić information content (AvgIpc) is 3.30. The number of halogens is 2. The number of hydrogen-bond donors (Lipinski definition) is 0. The van der Waals surface area contributed by atoms with E-state index in [-0.39, 0.29) is 11.4 Å². The molecule has 2 aromatic heterocycles. The molecule has 0 saturated carbocycles. The van der Waals surface area contributed by atoms with Crippen LogP contribution in [0.3, 0.4) is 0 Å². The summed E-state index contributed by atoms with van der Waals surface area (Å²) in [4.78, 5) is 13.0. The molecule has 33 heavy (non-hydrogen) atoms. The van der Waals surface area contributed by atoms with Crippen molar-refractivity contribution in [1.29, 1.82) is 0 Å². The Balaban J connectivity index is 1.48. The molecule has 164 valence electrons. The van der Waals surface area contributed by atoms with Gasteiger partial charge < -0.3 is 4.42 Å². The van der Waals surface area contributed by atoms with Crippen molar-refractivity contribution in [2.75, 3.05) is 0 Å². The highest BCUT2D eigenvalue weighted by atomic mass is 35.5. The van der Waals surface area contributed by atoms with E-state index in [2.05, 4.69) is 15.3 Å². The van der Waals surface area contributed by atoms with E-state index in [1.54, 1.807) is 18.2 Å². The fourth-order valence-electron chi connectivity index (χ4n) is 3.40. The van der Waals surface area contributed by atoms with Crippen molar-refractivity contribution in [3.8, 4) is 11.6 Å². The van der Waals surface area contributed by atoms with Gasteiger partial charge in [0, 0.05) is 21.2 Å². The lowest BCUT2D eigenvalue weighted by Gasteiger charge is -2.09. The van der Waals surface area contributed by atoms with Gasteiger partial charge in [-0.2, -0.15) is 5.10 Å². The molecule has 6 nitrogen and oxygen atoms in total. The van der Waals surface area contributed by atoms with Crippen LogP contribution in [0.2, 0.25) is 10.0 Å². The topological polar surface area (TPSA) is 73.8 Å². The van der Waals surface area contributed by atoms with E-state index < -0.39 is 0 Å². The monoisotopic (exact) mass is 494 g/mol. The number of thioether (sulfide) groups is 1. The van der Waals surface area contributed by atoms with Crippen molar-refractivity contribution < 1.29 is 4.42 Å². The molecule has 2 heterocycles. The van der Waals surface area contributed by atoms with Crippen molar-refractivity contribution in [3.05, 3.63) is 104 Å². The number of benzene rings is 3. The molecule has 5 aromatic rings. The minimum atomic E-state index is -0.176. The lowest BCUT2D eigenvalue weighted by Crippen LogP contribution is -2.24. The predicted octanol–water partition coefficient (Wildman–Crippen LogP) is 6.09. The van der Waals surface area contributed by atoms with Gasteiger partial charge in [0.15, 0.2) is 5.69 Å². The smallest absolute Gasteiger partial charge is 0.277 e. The van der Waals surface area contributed by atoms with Crippen LogP contribution in [-0.4, -0.2) is 20.0 Å². The molecule has 0 bridgehead atoms. The molecule has 5 rings (SSSR count). The van der Waals surface area contributed by atoms with Crippen LogP contribution in [0.25, 0.3) is 22.4 Å². The van der Waals surface area contributed by atoms with Crippen molar-refractivity contribution in [1.82, 2.24) is 20.0 Å². The highest BCUT2D eigenvalue weighted by Gasteiger charge is 2.18. The van der Waals surface area contributed by atoms with Crippen LogP contribution in [0, 0.1) is 0 Å². The molecule has 3 aromatic carbocycles. The Kier molecular flexibility index (Phi) is 6.17. The Morgan fingerprint density at radius 2 is 1.67 bits per heavy atom. The van der Waals surface area contributed by atoms with Crippen LogP contribution in [0.15, 0.2) is 87.2 Å². The molecule has 0 aliphatic carbocycles. The van der Waals surface area contributed by atoms with Crippen molar-refractivity contribution >= 4 is 45.7 Å². The summed E-state index contributed by atoms with van der Waals surface area (Å²) >= 11 is 13.6. The van der Waals surface area contributed by atoms with Gasteiger partial charge in [-0.3, -0.25) is 4.79 Å². The number of aromatic nitrogens is 4. The SMILES string of the molecule is O=c1c2ccccc2c(-c2nnc(SCc3ccc(Cl)cc3Cl)o2)nn1Cc1ccccc1. The molecule has 0 aliphatic rings. The molecular weight excluding hydrogens is 479 g/mol. The summed E-state index contributed by atoms with van der Waals surface area (Å²) in [6.07, 6.45) is 0. The molecule has 0 unspecified atom stereocenters. The van der Waals surface area contributed by atoms with Crippen molar-refractivity contribution in [2.24, 2.45) is 0 Å². The van der Waals surface area contributed by atoms with E-state index >= 15 is 0 Å². The van der Waals surface area contributed by atoms with E-state index in [4.69, 9.17) is 27.6 Å². The number of hydrogen-bond acceptors (Lipinski definition) is 6. The zero-order valence-corrected chi connectivity index (χ0v) is 19.4. The Morgan fingerprint density at radius 1 is 0.909 bits per heavy atom. The lowest BCUT2D eigenvalue weighted by atomic mass is 10.1. The lowest BCUT2D eigenvalue weighted by molar-refractivity contribution is 0.462. The van der Waals surface area contributed by atoms with E-state index in [0.29, 0.717) is 44.0 Å². The van der Waals surface area contributed by atoms with Crippen LogP contribution in [0.5, 0.6) is 0 Å². The highest BCUT2D eigenvalue weighted by molar-refractivity contribution is 7.98. The fourth-order valence-corrected chi connectivity index (χ4v) is 4.72. The normalized spacial score (nSPS) is 11.2. The molecule has 0 N–H and O–H groups in total. The number of nitrogens with zero attached hydrogens (tertiary/aromatic N) is 4. The van der Waals surface area contributed by atoms with Crippen LogP contribution in [0.1, 0.15) is 11.1 Å². The van der Waals surface area contributed by atoms with Gasteiger partial charge in [-0.1, -0.05) is 89.6 Å². The first kappa shape index (κ1) is 21.7. The minimum Gasteiger partial charge on any atom is -0.409 e. The molecule has 0 fully saturated rings. The van der Waals surface area contributed by atoms with Crippen molar-refractivity contribution in [2.45, 2.75) is 17.5 Å². The largest absolute Gasteiger partial charge is 0.409 e. The molecule has 0 saturated heterocycles. The van der Waals surface area contributed by atoms with Crippen LogP contribution >= 0.6 is 35.0 Å². The van der Waals surface area contributed by atoms with Gasteiger partial charge in [-0.05, 0) is 29.3 Å². The Morgan fingerprint density at radius 3 is 2.45 bits per heavy atom. The summed E-state index contributed by atoms with van der Waals surface area (Å²) in [6, 6.07) is 22.3. The first-order chi connectivity index (χ1) is 16.1. The Labute approximate surface area is 203 Å². The predicted molar refractivity (Wildman–Crippen MR) is 131 cm³/mol. The molecular formula is C24H16Cl2N4O2S. The van der Waals surface area contributed by atoms with Gasteiger partial charge in [-0.25, -0.2) is 4.68 Å². The third kappa shape index (κ3) is 4.66. The first-order valence-corrected chi connectivity index (χ1v) is 11.8. The number of fused-ring (bicyclic) bond motifs is 1. The zero-order valence-electron chi connectivity index (χ0n) is 17.1. The zero-order chi connectivity index (χ0) is 22.8. The summed E-state index contributed by atoms with van der Waals surface area (Å²) in [7, 11) is 0. The van der Waals surface area contributed by atoms with Gasteiger partial charge in [0.05, 0.1) is 11.9 Å². The van der Waals surface area contributed by atoms with Crippen LogP contribution < -0.4 is 5.56 Å². The second-order valence-electron chi connectivity index (χ2n) is 7.24. The van der Waals surface area contributed by atoms with Gasteiger partial charge in [-0.15, -0.1) is 10.2 Å². The number of rotatable bonds is 6. The van der Waals surface area contributed by atoms with E-state index in [9.17, 15) is 4.79 Å². The van der Waals surface area contributed by atoms with E-state index in [1.807, 2.05) is 54.6 Å². The maximum atomic E-state index is 13.0. The molecule has 0 radical (unpaired) electrons. The maximum absolute atomic E-state index is 13.0. The Hall–Kier alpha value is -3.13. The Bertz CT molecular complexity index is 1500. The van der Waals surface area contributed by atoms with Gasteiger partial charge in [0.2, 0.25) is 0 Å². The molecule has 0 amide bonds. The maximum Gasteiger partial charge on any atom is 0.277 e. The van der Waals surface area contributed by atoms with Crippen LogP contribution in [0.4, 0.5) is 0 Å². The second kappa shape index (κ2) is 9.39. The average molecular weight is 495 g/mol. The molecule has 0 spiro atoms. The van der Waals surface area contributed by atoms with Gasteiger partial charge in [0.1, 0.15) is 0 Å². The molecule has 9 heteroatoms. The summed E-state index contributed by atoms with van der Waals surface area (Å²) in [5, 5.41) is 15.7. The first-order valence-electron chi connectivity index (χ1n) is 10.0. The third-order valence-corrected chi connectivity index (χ3v) is 6.47. The van der Waals surface area contributed by atoms with E-state index in [0.717, 1.165) is 11.1 Å². The molecule has 0 atom stereocenters. The molecule has 0 aliphatic heterocycles. The third-order valence-electron chi connectivity index (χ3n) is 5.02. The highest BCUT2D eigenvalue weighted by Crippen LogP contribution is 2.30. The summed E-state index contributed by atoms with van der Waals surface area (Å²) in [5.41, 5.74) is 2.16.